The molecule has 2 N–H and O–H groups in total. The normalized spacial score (nSPS) is 22.6. The molecule has 2 aromatic rings. The van der Waals surface area contributed by atoms with Crippen LogP contribution in [0.2, 0.25) is 0 Å². The number of hydrogen-bond acceptors (Lipinski definition) is 8. The fraction of sp³-hybridized carbons (Fsp3) is 0.708. The van der Waals surface area contributed by atoms with Crippen LogP contribution in [0, 0.1) is 12.5 Å². The van der Waals surface area contributed by atoms with Crippen molar-refractivity contribution in [1.29, 1.82) is 0 Å². The molecule has 1 unspecified atom stereocenters. The van der Waals surface area contributed by atoms with Crippen molar-refractivity contribution in [2.45, 2.75) is 91.6 Å². The number of imidazole rings is 1. The first-order chi connectivity index (χ1) is 18.0. The molecule has 0 aromatic carbocycles. The topological polar surface area (TPSA) is 128 Å². The summed E-state index contributed by atoms with van der Waals surface area (Å²) in [6.07, 6.45) is -2.62. The standard InChI is InChI=1S/C24H37FN7O5P/c1-9-16-17(25)19(37-38(35-11-10-26-8)32(14(4)5)15(6)7)23(36-16)31-12-27-18-20(31)28-24(30-22(18)34)29-21(33)13(2)3/h12-17,19,23H,9-11H2,1-7H3,(H2,28,29,30,33,34)/t16-,17-,19-,23-,38?/m1/s1. The lowest BCUT2D eigenvalue weighted by atomic mass is 10.1. The van der Waals surface area contributed by atoms with Crippen molar-refractivity contribution in [3.63, 3.8) is 0 Å². The van der Waals surface area contributed by atoms with Crippen LogP contribution in [0.5, 0.6) is 0 Å². The van der Waals surface area contributed by atoms with Crippen LogP contribution >= 0.6 is 8.53 Å². The summed E-state index contributed by atoms with van der Waals surface area (Å²) in [6.45, 7) is 20.6. The monoisotopic (exact) mass is 553 g/mol. The number of nitrogens with one attached hydrogen (secondary N) is 2. The van der Waals surface area contributed by atoms with E-state index in [1.165, 1.54) is 10.9 Å². The van der Waals surface area contributed by atoms with Gasteiger partial charge in [-0.25, -0.2) is 20.6 Å². The summed E-state index contributed by atoms with van der Waals surface area (Å²) < 4.78 is 37.7. The van der Waals surface area contributed by atoms with Gasteiger partial charge in [-0.2, -0.15) is 4.98 Å². The van der Waals surface area contributed by atoms with Gasteiger partial charge in [-0.3, -0.25) is 24.5 Å². The Hall–Kier alpha value is -2.49. The zero-order chi connectivity index (χ0) is 28.1. The molecule has 0 spiro atoms. The van der Waals surface area contributed by atoms with Gasteiger partial charge in [0.1, 0.15) is 12.7 Å². The van der Waals surface area contributed by atoms with Crippen molar-refractivity contribution in [1.82, 2.24) is 24.2 Å². The Morgan fingerprint density at radius 2 is 2.03 bits per heavy atom. The third kappa shape index (κ3) is 6.55. The molecule has 210 valence electrons. The molecule has 1 amide bonds. The predicted molar refractivity (Wildman–Crippen MR) is 142 cm³/mol. The van der Waals surface area contributed by atoms with Crippen LogP contribution in [0.3, 0.4) is 0 Å². The van der Waals surface area contributed by atoms with Crippen molar-refractivity contribution in [3.05, 3.63) is 28.1 Å². The fourth-order valence-electron chi connectivity index (χ4n) is 4.18. The molecule has 1 saturated heterocycles. The second-order valence-electron chi connectivity index (χ2n) is 9.89. The molecule has 3 rings (SSSR count). The third-order valence-electron chi connectivity index (χ3n) is 6.00. The van der Waals surface area contributed by atoms with Crippen LogP contribution in [0.15, 0.2) is 11.1 Å². The second-order valence-corrected chi connectivity index (χ2v) is 11.3. The van der Waals surface area contributed by atoms with E-state index in [0.717, 1.165) is 0 Å². The highest BCUT2D eigenvalue weighted by Crippen LogP contribution is 2.51. The maximum Gasteiger partial charge on any atom is 0.280 e. The second kappa shape index (κ2) is 13.0. The maximum atomic E-state index is 15.8. The molecule has 38 heavy (non-hydrogen) atoms. The highest BCUT2D eigenvalue weighted by atomic mass is 31.2. The average Bonchev–Trinajstić information content (AvgIpc) is 3.39. The predicted octanol–water partition coefficient (Wildman–Crippen LogP) is 4.03. The summed E-state index contributed by atoms with van der Waals surface area (Å²) in [4.78, 5) is 39.3. The first kappa shape index (κ1) is 30.1. The molecule has 3 heterocycles. The quantitative estimate of drug-likeness (QED) is 0.229. The molecule has 1 aliphatic rings. The summed E-state index contributed by atoms with van der Waals surface area (Å²) in [5.74, 6) is -0.698. The number of hydrogen-bond donors (Lipinski definition) is 2. The minimum absolute atomic E-state index is 0.0202. The zero-order valence-corrected chi connectivity index (χ0v) is 23.7. The molecule has 5 atom stereocenters. The van der Waals surface area contributed by atoms with Gasteiger partial charge in [0.15, 0.2) is 23.6 Å². The Morgan fingerprint density at radius 3 is 2.61 bits per heavy atom. The number of carbonyl (C=O) groups excluding carboxylic acids is 1. The lowest BCUT2D eigenvalue weighted by molar-refractivity contribution is -0.118. The van der Waals surface area contributed by atoms with Crippen molar-refractivity contribution in [2.24, 2.45) is 5.92 Å². The first-order valence-electron chi connectivity index (χ1n) is 12.8. The van der Waals surface area contributed by atoms with Gasteiger partial charge in [-0.05, 0) is 34.1 Å². The van der Waals surface area contributed by atoms with Gasteiger partial charge >= 0.3 is 0 Å². The van der Waals surface area contributed by atoms with Crippen molar-refractivity contribution in [2.75, 3.05) is 18.5 Å². The van der Waals surface area contributed by atoms with Gasteiger partial charge in [-0.1, -0.05) is 20.8 Å². The van der Waals surface area contributed by atoms with E-state index in [2.05, 4.69) is 25.1 Å². The van der Waals surface area contributed by atoms with Crippen LogP contribution in [-0.4, -0.2) is 73.7 Å². The number of halogens is 1. The number of aromatic nitrogens is 4. The smallest absolute Gasteiger partial charge is 0.280 e. The molecule has 1 fully saturated rings. The number of alkyl halides is 1. The summed E-state index contributed by atoms with van der Waals surface area (Å²) in [5, 5.41) is 2.58. The maximum absolute atomic E-state index is 15.8. The lowest BCUT2D eigenvalue weighted by Crippen LogP contribution is -2.37. The Labute approximate surface area is 223 Å². The van der Waals surface area contributed by atoms with Crippen LogP contribution in [0.25, 0.3) is 16.0 Å². The van der Waals surface area contributed by atoms with Crippen LogP contribution in [0.1, 0.15) is 61.1 Å². The number of carbonyl (C=O) groups is 1. The van der Waals surface area contributed by atoms with E-state index >= 15 is 4.39 Å². The van der Waals surface area contributed by atoms with Crippen molar-refractivity contribution in [3.8, 4) is 0 Å². The number of amides is 1. The molecular weight excluding hydrogens is 516 g/mol. The summed E-state index contributed by atoms with van der Waals surface area (Å²) >= 11 is 0. The Kier molecular flexibility index (Phi) is 10.3. The summed E-state index contributed by atoms with van der Waals surface area (Å²) in [7, 11) is -1.76. The molecule has 0 saturated carbocycles. The minimum atomic E-state index is -1.76. The molecular formula is C24H37FN7O5P. The zero-order valence-electron chi connectivity index (χ0n) is 22.8. The number of fused-ring (bicyclic) bond motifs is 1. The Balaban J connectivity index is 2.02. The fourth-order valence-corrected chi connectivity index (χ4v) is 5.91. The van der Waals surface area contributed by atoms with Gasteiger partial charge in [0.2, 0.25) is 18.4 Å². The van der Waals surface area contributed by atoms with E-state index in [1.807, 2.05) is 39.3 Å². The van der Waals surface area contributed by atoms with Crippen molar-refractivity contribution >= 4 is 31.5 Å². The van der Waals surface area contributed by atoms with E-state index in [9.17, 15) is 9.59 Å². The van der Waals surface area contributed by atoms with E-state index in [0.29, 0.717) is 6.42 Å². The molecule has 14 heteroatoms. The molecule has 0 radical (unpaired) electrons. The number of rotatable bonds is 12. The van der Waals surface area contributed by atoms with E-state index in [-0.39, 0.29) is 54.2 Å². The largest absolute Gasteiger partial charge is 0.349 e. The highest BCUT2D eigenvalue weighted by Gasteiger charge is 2.49. The number of H-pyrrole nitrogens is 1. The molecule has 2 aromatic heterocycles. The van der Waals surface area contributed by atoms with Gasteiger partial charge in [0, 0.05) is 18.0 Å². The Morgan fingerprint density at radius 1 is 1.34 bits per heavy atom. The van der Waals surface area contributed by atoms with Gasteiger partial charge in [0.05, 0.1) is 12.4 Å². The third-order valence-corrected chi connectivity index (χ3v) is 8.13. The van der Waals surface area contributed by atoms with E-state index in [1.54, 1.807) is 13.8 Å². The molecule has 12 nitrogen and oxygen atoms in total. The van der Waals surface area contributed by atoms with Crippen LogP contribution < -0.4 is 10.9 Å². The number of anilines is 1. The van der Waals surface area contributed by atoms with Crippen molar-refractivity contribution < 1.29 is 23.0 Å². The molecule has 0 aliphatic carbocycles. The minimum Gasteiger partial charge on any atom is -0.349 e. The van der Waals surface area contributed by atoms with Gasteiger partial charge in [0.25, 0.3) is 14.1 Å². The summed E-state index contributed by atoms with van der Waals surface area (Å²) in [5.41, 5.74) is -0.410. The Bertz CT molecular complexity index is 1190. The molecule has 1 aliphatic heterocycles. The van der Waals surface area contributed by atoms with Crippen LogP contribution in [0.4, 0.5) is 10.3 Å². The first-order valence-corrected chi connectivity index (χ1v) is 13.9. The van der Waals surface area contributed by atoms with E-state index < -0.39 is 38.7 Å². The number of ether oxygens (including phenoxy) is 1. The lowest BCUT2D eigenvalue weighted by Gasteiger charge is -2.37. The number of nitrogens with zero attached hydrogens (tertiary/aromatic N) is 5. The highest BCUT2D eigenvalue weighted by molar-refractivity contribution is 7.44. The van der Waals surface area contributed by atoms with E-state index in [4.69, 9.17) is 20.4 Å². The average molecular weight is 554 g/mol. The molecule has 0 bridgehead atoms. The van der Waals surface area contributed by atoms with Gasteiger partial charge in [-0.15, -0.1) is 0 Å². The SMILES string of the molecule is [C-]#[N+]CCOP(O[C@@H]1[C@H](F)[C@@H](CC)O[C@H]1n1cnc2c(=O)[nH]c(NC(=O)C(C)C)nc21)N(C(C)C)C(C)C. The number of aromatic amines is 1. The van der Waals surface area contributed by atoms with Crippen LogP contribution in [-0.2, 0) is 18.6 Å². The summed E-state index contributed by atoms with van der Waals surface area (Å²) in [6, 6.07) is 0.0487. The van der Waals surface area contributed by atoms with Gasteiger partial charge < -0.3 is 18.6 Å².